The summed E-state index contributed by atoms with van der Waals surface area (Å²) >= 11 is 15.0. The predicted octanol–water partition coefficient (Wildman–Crippen LogP) is 3.04. The highest BCUT2D eigenvalue weighted by Crippen LogP contribution is 2.12. The van der Waals surface area contributed by atoms with Crippen LogP contribution in [0.25, 0.3) is 0 Å². The maximum Gasteiger partial charge on any atom is 0.236 e. The number of halogens is 3. The maximum absolute atomic E-state index is 9.45. The fourth-order valence-electron chi connectivity index (χ4n) is 0.441. The van der Waals surface area contributed by atoms with Crippen molar-refractivity contribution in [3.8, 4) is 5.75 Å². The van der Waals surface area contributed by atoms with Crippen molar-refractivity contribution in [3.05, 3.63) is 29.3 Å². The van der Waals surface area contributed by atoms with Crippen LogP contribution in [-0.2, 0) is 4.79 Å². The van der Waals surface area contributed by atoms with E-state index in [2.05, 4.69) is 0 Å². The molecule has 0 aromatic heterocycles. The largest absolute Gasteiger partial charge is 0.508 e. The van der Waals surface area contributed by atoms with Crippen LogP contribution in [0.5, 0.6) is 5.75 Å². The Morgan fingerprint density at radius 2 is 1.69 bits per heavy atom. The number of phenolic OH excluding ortho intramolecular Hbond substituents is 1. The Morgan fingerprint density at radius 3 is 1.92 bits per heavy atom. The van der Waals surface area contributed by atoms with Crippen LogP contribution in [-0.4, -0.2) is 16.2 Å². The van der Waals surface area contributed by atoms with E-state index in [1.165, 1.54) is 0 Å². The predicted molar refractivity (Wildman–Crippen MR) is 54.7 cm³/mol. The van der Waals surface area contributed by atoms with E-state index in [4.69, 9.17) is 39.9 Å². The van der Waals surface area contributed by atoms with Gasteiger partial charge in [0.25, 0.3) is 0 Å². The molecule has 0 spiro atoms. The highest BCUT2D eigenvalue weighted by Gasteiger charge is 1.84. The monoisotopic (exact) mass is 240 g/mol. The number of hydrogen-bond donors (Lipinski definition) is 1. The molecule has 0 aliphatic heterocycles. The topological polar surface area (TPSA) is 37.3 Å². The molecule has 1 aromatic rings. The van der Waals surface area contributed by atoms with Crippen molar-refractivity contribution in [3.63, 3.8) is 0 Å². The van der Waals surface area contributed by atoms with Gasteiger partial charge in [0.1, 0.15) is 5.75 Å². The van der Waals surface area contributed by atoms with Gasteiger partial charge in [-0.3, -0.25) is 4.79 Å². The van der Waals surface area contributed by atoms with Crippen molar-refractivity contribution >= 4 is 40.0 Å². The van der Waals surface area contributed by atoms with Crippen LogP contribution in [0.1, 0.15) is 0 Å². The van der Waals surface area contributed by atoms with Crippen molar-refractivity contribution in [1.82, 2.24) is 0 Å². The van der Waals surface area contributed by atoms with E-state index in [9.17, 15) is 4.79 Å². The summed E-state index contributed by atoms with van der Waals surface area (Å²) in [7, 11) is 0. The van der Waals surface area contributed by atoms with Crippen LogP contribution in [0.4, 0.5) is 0 Å². The van der Waals surface area contributed by atoms with Gasteiger partial charge in [-0.2, -0.15) is 0 Å². The Morgan fingerprint density at radius 1 is 1.31 bits per heavy atom. The maximum atomic E-state index is 9.45. The molecule has 1 N–H and O–H groups in total. The second-order valence-electron chi connectivity index (χ2n) is 1.97. The first-order valence-electron chi connectivity index (χ1n) is 3.25. The minimum atomic E-state index is -0.508. The average Bonchev–Trinajstić information content (AvgIpc) is 2.11. The fraction of sp³-hybridized carbons (Fsp3) is 0.125. The van der Waals surface area contributed by atoms with E-state index in [0.29, 0.717) is 5.02 Å². The lowest BCUT2D eigenvalue weighted by atomic mass is 10.3. The normalized spacial score (nSPS) is 8.54. The third-order valence-electron chi connectivity index (χ3n) is 0.932. The van der Waals surface area contributed by atoms with Gasteiger partial charge in [-0.25, -0.2) is 0 Å². The number of phenols is 1. The number of hydrogen-bond acceptors (Lipinski definition) is 2. The number of benzene rings is 1. The molecule has 0 atom stereocenters. The molecule has 0 aliphatic rings. The SMILES string of the molecule is O=C(Cl)CCl.Oc1ccc(Cl)cc1. The summed E-state index contributed by atoms with van der Waals surface area (Å²) in [5, 5.41) is 8.83. The van der Waals surface area contributed by atoms with Crippen LogP contribution >= 0.6 is 34.8 Å². The van der Waals surface area contributed by atoms with Crippen molar-refractivity contribution in [2.24, 2.45) is 0 Å². The second kappa shape index (κ2) is 7.01. The summed E-state index contributed by atoms with van der Waals surface area (Å²) in [6.45, 7) is 0. The molecule has 5 heteroatoms. The molecule has 13 heavy (non-hydrogen) atoms. The number of carbonyl (C=O) groups excluding carboxylic acids is 1. The molecule has 0 saturated carbocycles. The molecule has 0 radical (unpaired) electrons. The lowest BCUT2D eigenvalue weighted by Crippen LogP contribution is -1.81. The lowest BCUT2D eigenvalue weighted by Gasteiger charge is -1.87. The van der Waals surface area contributed by atoms with Crippen LogP contribution in [0.2, 0.25) is 5.02 Å². The van der Waals surface area contributed by atoms with Crippen molar-refractivity contribution in [2.45, 2.75) is 0 Å². The summed E-state index contributed by atoms with van der Waals surface area (Å²) in [6, 6.07) is 6.36. The minimum Gasteiger partial charge on any atom is -0.508 e. The third kappa shape index (κ3) is 7.91. The first-order chi connectivity index (χ1) is 6.06. The van der Waals surface area contributed by atoms with E-state index < -0.39 is 5.24 Å². The summed E-state index contributed by atoms with van der Waals surface area (Å²) in [4.78, 5) is 9.45. The average molecular weight is 242 g/mol. The molecule has 2 nitrogen and oxygen atoms in total. The molecule has 0 aliphatic carbocycles. The van der Waals surface area contributed by atoms with Crippen molar-refractivity contribution in [2.75, 3.05) is 5.88 Å². The van der Waals surface area contributed by atoms with Crippen LogP contribution < -0.4 is 0 Å². The quantitative estimate of drug-likeness (QED) is 0.606. The number of carbonyl (C=O) groups is 1. The molecule has 72 valence electrons. The van der Waals surface area contributed by atoms with Crippen molar-refractivity contribution < 1.29 is 9.90 Å². The van der Waals surface area contributed by atoms with E-state index in [0.717, 1.165) is 0 Å². The highest BCUT2D eigenvalue weighted by atomic mass is 35.5. The Labute approximate surface area is 91.0 Å². The first kappa shape index (κ1) is 12.6. The third-order valence-corrected chi connectivity index (χ3v) is 1.70. The lowest BCUT2D eigenvalue weighted by molar-refractivity contribution is -0.109. The summed E-state index contributed by atoms with van der Waals surface area (Å²) in [5.41, 5.74) is 0. The zero-order valence-electron chi connectivity index (χ0n) is 6.51. The molecular weight excluding hydrogens is 234 g/mol. The molecule has 0 heterocycles. The van der Waals surface area contributed by atoms with E-state index in [-0.39, 0.29) is 11.6 Å². The van der Waals surface area contributed by atoms with Crippen LogP contribution in [0.3, 0.4) is 0 Å². The van der Waals surface area contributed by atoms with Gasteiger partial charge in [-0.15, -0.1) is 11.6 Å². The van der Waals surface area contributed by atoms with Crippen LogP contribution in [0, 0.1) is 0 Å². The first-order valence-corrected chi connectivity index (χ1v) is 4.54. The Bertz CT molecular complexity index is 238. The molecule has 0 amide bonds. The Kier molecular flexibility index (Phi) is 6.77. The summed E-state index contributed by atoms with van der Waals surface area (Å²) in [6.07, 6.45) is 0. The molecule has 0 bridgehead atoms. The van der Waals surface area contributed by atoms with Gasteiger partial charge in [0.15, 0.2) is 0 Å². The smallest absolute Gasteiger partial charge is 0.236 e. The highest BCUT2D eigenvalue weighted by molar-refractivity contribution is 6.67. The van der Waals surface area contributed by atoms with Gasteiger partial charge in [-0.1, -0.05) is 11.6 Å². The molecular formula is C8H7Cl3O2. The number of alkyl halides is 1. The van der Waals surface area contributed by atoms with E-state index >= 15 is 0 Å². The molecule has 0 saturated heterocycles. The zero-order valence-corrected chi connectivity index (χ0v) is 8.77. The zero-order chi connectivity index (χ0) is 10.3. The number of aromatic hydroxyl groups is 1. The Balaban J connectivity index is 0.000000252. The minimum absolute atomic E-state index is 0.0957. The van der Waals surface area contributed by atoms with E-state index in [1.54, 1.807) is 24.3 Å². The Hall–Kier alpha value is -0.440. The summed E-state index contributed by atoms with van der Waals surface area (Å²) in [5.74, 6) is 0.149. The molecule has 1 aromatic carbocycles. The van der Waals surface area contributed by atoms with Crippen LogP contribution in [0.15, 0.2) is 24.3 Å². The van der Waals surface area contributed by atoms with Gasteiger partial charge in [0.2, 0.25) is 5.24 Å². The standard InChI is InChI=1S/C6H5ClO.C2H2Cl2O/c7-5-1-3-6(8)4-2-5;3-1-2(4)5/h1-4,8H;1H2. The van der Waals surface area contributed by atoms with Gasteiger partial charge in [-0.05, 0) is 35.9 Å². The van der Waals surface area contributed by atoms with E-state index in [1.807, 2.05) is 0 Å². The van der Waals surface area contributed by atoms with Gasteiger partial charge < -0.3 is 5.11 Å². The molecule has 0 unspecified atom stereocenters. The van der Waals surface area contributed by atoms with Gasteiger partial charge in [0.05, 0.1) is 5.88 Å². The van der Waals surface area contributed by atoms with Gasteiger partial charge >= 0.3 is 0 Å². The summed E-state index contributed by atoms with van der Waals surface area (Å²) < 4.78 is 0. The van der Waals surface area contributed by atoms with Gasteiger partial charge in [0, 0.05) is 5.02 Å². The molecule has 0 fully saturated rings. The number of rotatable bonds is 1. The van der Waals surface area contributed by atoms with Crippen molar-refractivity contribution in [1.29, 1.82) is 0 Å². The molecule has 1 rings (SSSR count). The fourth-order valence-corrected chi connectivity index (χ4v) is 0.567. The second-order valence-corrected chi connectivity index (χ2v) is 3.09.